The second kappa shape index (κ2) is 14.1. The average molecular weight is 858 g/mol. The Morgan fingerprint density at radius 3 is 1.51 bits per heavy atom. The van der Waals surface area contributed by atoms with Gasteiger partial charge in [-0.25, -0.2) is 0 Å². The van der Waals surface area contributed by atoms with Crippen LogP contribution in [0.3, 0.4) is 0 Å². The van der Waals surface area contributed by atoms with Crippen LogP contribution in [0.4, 0.5) is 17.1 Å². The first-order chi connectivity index (χ1) is 33.0. The standard InChI is InChI=1S/C64H43NO2/c1-63(2)55-38-43(41-18-7-4-8-19-41)30-34-48(55)49-35-33-45(39-56(49)63)65(44-31-28-42(29-32-44)40-16-5-3-6-17-40)57-26-15-27-58-61(57)66-59-37-36-54-60(62(59)67-58)50-22-11-14-25-53(50)64(54)51-23-12-9-20-46(51)47-21-10-13-24-52(47)64/h3-39H,1-2H3. The second-order valence-corrected chi connectivity index (χ2v) is 18.7. The van der Waals surface area contributed by atoms with E-state index in [4.69, 9.17) is 9.47 Å². The molecule has 1 aliphatic heterocycles. The summed E-state index contributed by atoms with van der Waals surface area (Å²) in [5.41, 5.74) is 22.1. The number of anilines is 3. The number of hydrogen-bond donors (Lipinski definition) is 0. The molecule has 1 heterocycles. The molecule has 1 spiro atoms. The topological polar surface area (TPSA) is 21.7 Å². The molecule has 4 aliphatic rings. The minimum Gasteiger partial charge on any atom is -0.449 e. The van der Waals surface area contributed by atoms with Crippen LogP contribution in [0, 0.1) is 0 Å². The summed E-state index contributed by atoms with van der Waals surface area (Å²) in [7, 11) is 0. The minimum absolute atomic E-state index is 0.239. The Hall–Kier alpha value is -8.40. The van der Waals surface area contributed by atoms with Gasteiger partial charge in [0.25, 0.3) is 0 Å². The summed E-state index contributed by atoms with van der Waals surface area (Å²) in [4.78, 5) is 2.33. The first-order valence-corrected chi connectivity index (χ1v) is 23.2. The smallest absolute Gasteiger partial charge is 0.194 e. The van der Waals surface area contributed by atoms with Gasteiger partial charge in [0.1, 0.15) is 0 Å². The first-order valence-electron chi connectivity index (χ1n) is 23.2. The predicted octanol–water partition coefficient (Wildman–Crippen LogP) is 17.0. The summed E-state index contributed by atoms with van der Waals surface area (Å²) in [5, 5.41) is 0. The third kappa shape index (κ3) is 5.28. The zero-order valence-corrected chi connectivity index (χ0v) is 37.1. The van der Waals surface area contributed by atoms with Gasteiger partial charge in [-0.2, -0.15) is 0 Å². The molecule has 0 bridgehead atoms. The molecule has 3 nitrogen and oxygen atoms in total. The Morgan fingerprint density at radius 2 is 0.821 bits per heavy atom. The number of nitrogens with zero attached hydrogens (tertiary/aromatic N) is 1. The maximum Gasteiger partial charge on any atom is 0.194 e. The monoisotopic (exact) mass is 857 g/mol. The van der Waals surface area contributed by atoms with E-state index < -0.39 is 5.41 Å². The number of ether oxygens (including phenoxy) is 2. The van der Waals surface area contributed by atoms with Crippen molar-refractivity contribution in [2.45, 2.75) is 24.7 Å². The molecule has 0 saturated carbocycles. The zero-order valence-electron chi connectivity index (χ0n) is 37.1. The highest BCUT2D eigenvalue weighted by Crippen LogP contribution is 2.67. The molecule has 0 N–H and O–H groups in total. The number of para-hydroxylation sites is 1. The lowest BCUT2D eigenvalue weighted by molar-refractivity contribution is 0.361. The quantitative estimate of drug-likeness (QED) is 0.172. The Kier molecular flexibility index (Phi) is 7.95. The fraction of sp³-hybridized carbons (Fsp3) is 0.0625. The highest BCUT2D eigenvalue weighted by Gasteiger charge is 2.53. The lowest BCUT2D eigenvalue weighted by Crippen LogP contribution is -2.25. The summed E-state index contributed by atoms with van der Waals surface area (Å²) < 4.78 is 14.5. The SMILES string of the molecule is CC1(C)c2cc(-c3ccccc3)ccc2-c2ccc(N(c3ccc(-c4ccccc4)cc3)c3cccc4c3Oc3ccc5c(c3O4)-c3ccccc3C53c4ccccc4-c4ccccc43)cc21. The van der Waals surface area contributed by atoms with Crippen LogP contribution in [0.1, 0.15) is 47.2 Å². The van der Waals surface area contributed by atoms with Crippen molar-refractivity contribution in [2.24, 2.45) is 0 Å². The van der Waals surface area contributed by atoms with Crippen molar-refractivity contribution in [2.75, 3.05) is 4.90 Å². The predicted molar refractivity (Wildman–Crippen MR) is 272 cm³/mol. The highest BCUT2D eigenvalue weighted by molar-refractivity contribution is 5.98. The number of benzene rings is 10. The van der Waals surface area contributed by atoms with Crippen molar-refractivity contribution in [3.8, 4) is 78.6 Å². The van der Waals surface area contributed by atoms with Crippen LogP contribution < -0.4 is 14.4 Å². The first kappa shape index (κ1) is 37.9. The van der Waals surface area contributed by atoms with Gasteiger partial charge in [0.2, 0.25) is 0 Å². The van der Waals surface area contributed by atoms with Crippen LogP contribution in [0.5, 0.6) is 23.0 Å². The van der Waals surface area contributed by atoms with Crippen LogP contribution >= 0.6 is 0 Å². The van der Waals surface area contributed by atoms with E-state index in [0.29, 0.717) is 17.2 Å². The fourth-order valence-corrected chi connectivity index (χ4v) is 11.9. The van der Waals surface area contributed by atoms with E-state index in [1.807, 2.05) is 6.07 Å². The Morgan fingerprint density at radius 1 is 0.328 bits per heavy atom. The molecule has 316 valence electrons. The molecule has 0 radical (unpaired) electrons. The van der Waals surface area contributed by atoms with Crippen molar-refractivity contribution in [3.63, 3.8) is 0 Å². The molecule has 0 aromatic heterocycles. The molecule has 3 aliphatic carbocycles. The Labute approximate surface area is 390 Å². The van der Waals surface area contributed by atoms with E-state index in [1.165, 1.54) is 77.9 Å². The Bertz CT molecular complexity index is 3620. The van der Waals surface area contributed by atoms with Gasteiger partial charge in [0, 0.05) is 22.4 Å². The zero-order chi connectivity index (χ0) is 44.4. The molecule has 14 rings (SSSR count). The molecule has 3 heteroatoms. The van der Waals surface area contributed by atoms with E-state index in [0.717, 1.165) is 33.9 Å². The fourth-order valence-electron chi connectivity index (χ4n) is 11.9. The lowest BCUT2D eigenvalue weighted by atomic mass is 9.70. The molecule has 10 aromatic rings. The summed E-state index contributed by atoms with van der Waals surface area (Å²) in [5.74, 6) is 2.80. The number of rotatable bonds is 5. The highest BCUT2D eigenvalue weighted by atomic mass is 16.6. The van der Waals surface area contributed by atoms with E-state index in [9.17, 15) is 0 Å². The van der Waals surface area contributed by atoms with E-state index in [1.54, 1.807) is 0 Å². The van der Waals surface area contributed by atoms with E-state index in [-0.39, 0.29) is 5.41 Å². The van der Waals surface area contributed by atoms with Crippen LogP contribution in [0.25, 0.3) is 55.6 Å². The van der Waals surface area contributed by atoms with Gasteiger partial charge < -0.3 is 14.4 Å². The van der Waals surface area contributed by atoms with Crippen molar-refractivity contribution < 1.29 is 9.47 Å². The summed E-state index contributed by atoms with van der Waals surface area (Å²) in [6, 6.07) is 81.4. The molecule has 0 unspecified atom stereocenters. The number of fused-ring (bicyclic) bond motifs is 16. The van der Waals surface area contributed by atoms with Gasteiger partial charge in [-0.15, -0.1) is 0 Å². The minimum atomic E-state index is -0.480. The van der Waals surface area contributed by atoms with Gasteiger partial charge >= 0.3 is 0 Å². The van der Waals surface area contributed by atoms with E-state index in [2.05, 4.69) is 237 Å². The molecule has 0 saturated heterocycles. The largest absolute Gasteiger partial charge is 0.449 e. The molecule has 0 atom stereocenters. The average Bonchev–Trinajstić information content (AvgIpc) is 3.95. The summed E-state index contributed by atoms with van der Waals surface area (Å²) in [6.45, 7) is 4.72. The summed E-state index contributed by atoms with van der Waals surface area (Å²) >= 11 is 0. The molecule has 0 amide bonds. The molecule has 10 aromatic carbocycles. The van der Waals surface area contributed by atoms with Crippen molar-refractivity contribution in [3.05, 3.63) is 258 Å². The lowest BCUT2D eigenvalue weighted by Gasteiger charge is -2.32. The van der Waals surface area contributed by atoms with Crippen LogP contribution in [0.2, 0.25) is 0 Å². The molecule has 0 fully saturated rings. The van der Waals surface area contributed by atoms with Crippen LogP contribution in [-0.4, -0.2) is 0 Å². The summed E-state index contributed by atoms with van der Waals surface area (Å²) in [6.07, 6.45) is 0. The second-order valence-electron chi connectivity index (χ2n) is 18.7. The molecular weight excluding hydrogens is 815 g/mol. The third-order valence-corrected chi connectivity index (χ3v) is 15.0. The van der Waals surface area contributed by atoms with Crippen LogP contribution in [0.15, 0.2) is 224 Å². The number of hydrogen-bond acceptors (Lipinski definition) is 3. The molecule has 67 heavy (non-hydrogen) atoms. The van der Waals surface area contributed by atoms with Gasteiger partial charge in [-0.05, 0) is 132 Å². The van der Waals surface area contributed by atoms with Gasteiger partial charge in [0.05, 0.1) is 11.1 Å². The van der Waals surface area contributed by atoms with Gasteiger partial charge in [-0.1, -0.05) is 190 Å². The van der Waals surface area contributed by atoms with Crippen molar-refractivity contribution in [1.82, 2.24) is 0 Å². The maximum atomic E-state index is 7.24. The molecular formula is C64H43NO2. The van der Waals surface area contributed by atoms with Gasteiger partial charge in [-0.3, -0.25) is 0 Å². The van der Waals surface area contributed by atoms with E-state index >= 15 is 0 Å². The normalized spacial score (nSPS) is 14.3. The Balaban J connectivity index is 0.916. The van der Waals surface area contributed by atoms with Crippen molar-refractivity contribution in [1.29, 1.82) is 0 Å². The third-order valence-electron chi connectivity index (χ3n) is 15.0. The van der Waals surface area contributed by atoms with Gasteiger partial charge in [0.15, 0.2) is 23.0 Å². The van der Waals surface area contributed by atoms with Crippen molar-refractivity contribution >= 4 is 17.1 Å². The maximum absolute atomic E-state index is 7.24. The van der Waals surface area contributed by atoms with Crippen LogP contribution in [-0.2, 0) is 10.8 Å².